The van der Waals surface area contributed by atoms with Crippen LogP contribution >= 0.6 is 23.1 Å². The summed E-state index contributed by atoms with van der Waals surface area (Å²) in [6.07, 6.45) is 3.22. The highest BCUT2D eigenvalue weighted by molar-refractivity contribution is 7.99. The lowest BCUT2D eigenvalue weighted by Gasteiger charge is -2.16. The van der Waals surface area contributed by atoms with E-state index < -0.39 is 0 Å². The van der Waals surface area contributed by atoms with Crippen LogP contribution in [0.15, 0.2) is 46.7 Å². The Balaban J connectivity index is 1.23. The Hall–Kier alpha value is -2.65. The molecule has 2 aromatic heterocycles. The number of carbonyl (C=O) groups excluding carboxylic acids is 2. The first-order valence-corrected chi connectivity index (χ1v) is 11.3. The van der Waals surface area contributed by atoms with Gasteiger partial charge in [-0.3, -0.25) is 18.8 Å². The van der Waals surface area contributed by atoms with E-state index in [2.05, 4.69) is 10.3 Å². The first kappa shape index (κ1) is 19.7. The number of rotatable bonds is 7. The van der Waals surface area contributed by atoms with E-state index in [0.717, 1.165) is 24.2 Å². The molecule has 7 nitrogen and oxygen atoms in total. The van der Waals surface area contributed by atoms with Gasteiger partial charge < -0.3 is 10.2 Å². The van der Waals surface area contributed by atoms with Crippen LogP contribution in [0.4, 0.5) is 5.69 Å². The van der Waals surface area contributed by atoms with E-state index in [-0.39, 0.29) is 17.4 Å². The molecule has 150 valence electrons. The maximum Gasteiger partial charge on any atom is 0.258 e. The molecular formula is C20H20N4O3S2. The average molecular weight is 429 g/mol. The summed E-state index contributed by atoms with van der Waals surface area (Å²) in [5.41, 5.74) is 2.47. The topological polar surface area (TPSA) is 83.8 Å². The van der Waals surface area contributed by atoms with Gasteiger partial charge in [0.1, 0.15) is 0 Å². The number of benzene rings is 1. The lowest BCUT2D eigenvalue weighted by molar-refractivity contribution is -0.119. The summed E-state index contributed by atoms with van der Waals surface area (Å²) >= 11 is 2.84. The normalized spacial score (nSPS) is 13.9. The summed E-state index contributed by atoms with van der Waals surface area (Å²) < 4.78 is 1.51. The molecule has 9 heteroatoms. The number of nitrogens with zero attached hydrogens (tertiary/aromatic N) is 3. The van der Waals surface area contributed by atoms with E-state index in [1.807, 2.05) is 29.6 Å². The highest BCUT2D eigenvalue weighted by Crippen LogP contribution is 2.21. The largest absolute Gasteiger partial charge is 0.351 e. The van der Waals surface area contributed by atoms with Crippen molar-refractivity contribution in [2.24, 2.45) is 0 Å². The quantitative estimate of drug-likeness (QED) is 0.625. The Morgan fingerprint density at radius 2 is 2.07 bits per heavy atom. The second kappa shape index (κ2) is 8.79. The van der Waals surface area contributed by atoms with E-state index in [4.69, 9.17) is 0 Å². The fourth-order valence-corrected chi connectivity index (χ4v) is 4.66. The number of amides is 2. The lowest BCUT2D eigenvalue weighted by Crippen LogP contribution is -2.25. The number of carbonyl (C=O) groups is 2. The van der Waals surface area contributed by atoms with Crippen molar-refractivity contribution in [1.82, 2.24) is 14.7 Å². The van der Waals surface area contributed by atoms with Crippen LogP contribution in [0, 0.1) is 0 Å². The Labute approximate surface area is 175 Å². The monoisotopic (exact) mass is 428 g/mol. The third-order valence-corrected chi connectivity index (χ3v) is 6.37. The summed E-state index contributed by atoms with van der Waals surface area (Å²) in [4.78, 5) is 42.7. The van der Waals surface area contributed by atoms with E-state index >= 15 is 0 Å². The third kappa shape index (κ3) is 4.68. The van der Waals surface area contributed by atoms with Crippen molar-refractivity contribution in [3.8, 4) is 0 Å². The zero-order chi connectivity index (χ0) is 20.2. The summed E-state index contributed by atoms with van der Waals surface area (Å²) in [5.74, 6) is 0.905. The standard InChI is InChI=1S/C20H20N4O3S2/c25-17(13-28-12-15-10-19(27)24-8-9-29-20(24)22-15)21-11-14-3-5-16(6-4-14)23-7-1-2-18(23)26/h3-6,8-10H,1-2,7,11-13H2,(H,21,25). The first-order chi connectivity index (χ1) is 14.1. The van der Waals surface area contributed by atoms with Gasteiger partial charge in [-0.05, 0) is 24.1 Å². The van der Waals surface area contributed by atoms with E-state index in [9.17, 15) is 14.4 Å². The highest BCUT2D eigenvalue weighted by Gasteiger charge is 2.21. The van der Waals surface area contributed by atoms with Gasteiger partial charge in [-0.25, -0.2) is 4.98 Å². The van der Waals surface area contributed by atoms with Crippen molar-refractivity contribution >= 4 is 45.6 Å². The Morgan fingerprint density at radius 1 is 1.24 bits per heavy atom. The summed E-state index contributed by atoms with van der Waals surface area (Å²) in [6.45, 7) is 1.21. The van der Waals surface area contributed by atoms with Crippen LogP contribution in [0.3, 0.4) is 0 Å². The lowest BCUT2D eigenvalue weighted by atomic mass is 10.2. The van der Waals surface area contributed by atoms with Gasteiger partial charge in [-0.2, -0.15) is 0 Å². The third-order valence-electron chi connectivity index (χ3n) is 4.65. The minimum absolute atomic E-state index is 0.0669. The first-order valence-electron chi connectivity index (χ1n) is 9.30. The predicted octanol–water partition coefficient (Wildman–Crippen LogP) is 2.43. The van der Waals surface area contributed by atoms with Gasteiger partial charge in [0.15, 0.2) is 4.96 Å². The average Bonchev–Trinajstić information content (AvgIpc) is 3.36. The predicted molar refractivity (Wildman–Crippen MR) is 115 cm³/mol. The smallest absolute Gasteiger partial charge is 0.258 e. The molecule has 4 rings (SSSR count). The van der Waals surface area contributed by atoms with Gasteiger partial charge >= 0.3 is 0 Å². The molecule has 0 aliphatic carbocycles. The van der Waals surface area contributed by atoms with Gasteiger partial charge in [-0.1, -0.05) is 12.1 Å². The zero-order valence-corrected chi connectivity index (χ0v) is 17.3. The summed E-state index contributed by atoms with van der Waals surface area (Å²) in [6, 6.07) is 9.22. The second-order valence-electron chi connectivity index (χ2n) is 6.73. The molecule has 1 fully saturated rings. The Morgan fingerprint density at radius 3 is 2.83 bits per heavy atom. The van der Waals surface area contributed by atoms with Crippen molar-refractivity contribution in [2.75, 3.05) is 17.2 Å². The molecule has 0 spiro atoms. The molecule has 29 heavy (non-hydrogen) atoms. The Kier molecular flexibility index (Phi) is 5.96. The highest BCUT2D eigenvalue weighted by atomic mass is 32.2. The van der Waals surface area contributed by atoms with Crippen LogP contribution in [-0.4, -0.2) is 33.5 Å². The van der Waals surface area contributed by atoms with Gasteiger partial charge in [0.25, 0.3) is 5.56 Å². The molecule has 1 saturated heterocycles. The maximum atomic E-state index is 12.1. The van der Waals surface area contributed by atoms with E-state index in [1.54, 1.807) is 11.1 Å². The van der Waals surface area contributed by atoms with Crippen LogP contribution < -0.4 is 15.8 Å². The molecule has 0 atom stereocenters. The minimum atomic E-state index is -0.102. The molecule has 0 saturated carbocycles. The summed E-state index contributed by atoms with van der Waals surface area (Å²) in [7, 11) is 0. The molecule has 0 bridgehead atoms. The molecule has 3 heterocycles. The number of thioether (sulfide) groups is 1. The second-order valence-corrected chi connectivity index (χ2v) is 8.58. The fourth-order valence-electron chi connectivity index (χ4n) is 3.18. The number of hydrogen-bond donors (Lipinski definition) is 1. The maximum absolute atomic E-state index is 12.1. The van der Waals surface area contributed by atoms with Gasteiger partial charge in [0, 0.05) is 48.6 Å². The number of hydrogen-bond acceptors (Lipinski definition) is 6. The van der Waals surface area contributed by atoms with Crippen molar-refractivity contribution in [2.45, 2.75) is 25.1 Å². The molecule has 1 aliphatic rings. The van der Waals surface area contributed by atoms with Crippen molar-refractivity contribution in [3.63, 3.8) is 0 Å². The van der Waals surface area contributed by atoms with Crippen LogP contribution in [0.25, 0.3) is 4.96 Å². The molecule has 0 radical (unpaired) electrons. The molecule has 3 aromatic rings. The minimum Gasteiger partial charge on any atom is -0.351 e. The van der Waals surface area contributed by atoms with Gasteiger partial charge in [0.2, 0.25) is 11.8 Å². The van der Waals surface area contributed by atoms with Gasteiger partial charge in [0.05, 0.1) is 11.4 Å². The number of anilines is 1. The zero-order valence-electron chi connectivity index (χ0n) is 15.7. The van der Waals surface area contributed by atoms with Gasteiger partial charge in [-0.15, -0.1) is 23.1 Å². The van der Waals surface area contributed by atoms with Crippen molar-refractivity contribution < 1.29 is 9.59 Å². The SMILES string of the molecule is O=C(CSCc1cc(=O)n2ccsc2n1)NCc1ccc(N2CCCC2=O)cc1. The van der Waals surface area contributed by atoms with Crippen molar-refractivity contribution in [3.05, 3.63) is 63.5 Å². The molecule has 1 aromatic carbocycles. The number of nitrogens with one attached hydrogen (secondary N) is 1. The number of aromatic nitrogens is 2. The van der Waals surface area contributed by atoms with Crippen LogP contribution in [0.1, 0.15) is 24.1 Å². The molecule has 1 aliphatic heterocycles. The van der Waals surface area contributed by atoms with E-state index in [0.29, 0.717) is 35.1 Å². The fraction of sp³-hybridized carbons (Fsp3) is 0.300. The summed E-state index contributed by atoms with van der Waals surface area (Å²) in [5, 5.41) is 4.72. The number of thiazole rings is 1. The van der Waals surface area contributed by atoms with Crippen LogP contribution in [0.2, 0.25) is 0 Å². The number of fused-ring (bicyclic) bond motifs is 1. The molecular weight excluding hydrogens is 408 g/mol. The molecule has 0 unspecified atom stereocenters. The van der Waals surface area contributed by atoms with Crippen LogP contribution in [0.5, 0.6) is 0 Å². The van der Waals surface area contributed by atoms with Crippen LogP contribution in [-0.2, 0) is 21.9 Å². The molecule has 1 N–H and O–H groups in total. The van der Waals surface area contributed by atoms with Crippen molar-refractivity contribution in [1.29, 1.82) is 0 Å². The molecule has 2 amide bonds. The van der Waals surface area contributed by atoms with E-state index in [1.165, 1.54) is 33.6 Å². The Bertz CT molecular complexity index is 1090.